The molecule has 2 nitrogen and oxygen atoms in total. The third-order valence-corrected chi connectivity index (χ3v) is 4.78. The molecule has 0 spiro atoms. The van der Waals surface area contributed by atoms with E-state index in [1.54, 1.807) is 0 Å². The zero-order valence-corrected chi connectivity index (χ0v) is 20.4. The van der Waals surface area contributed by atoms with Crippen molar-refractivity contribution in [2.75, 3.05) is 12.8 Å². The fourth-order valence-corrected chi connectivity index (χ4v) is 3.25. The number of unbranched alkanes of at least 4 members (excludes halogenated alkanes) is 10. The van der Waals surface area contributed by atoms with E-state index >= 15 is 0 Å². The molecule has 4 heteroatoms. The predicted molar refractivity (Wildman–Crippen MR) is 95.1 cm³/mol. The Morgan fingerprint density at radius 3 is 1.70 bits per heavy atom. The standard InChI is InChI=1S/C16H35O2P.Pb.2H/c1-3-5-7-9-11-13-15-18-19(17)16-14-12-10-8-6-4-2;;;/h19H,3-16H2,1-2H3;;;. The second kappa shape index (κ2) is 20.1. The average Bonchev–Trinajstić information content (AvgIpc) is 2.41. The Hall–Kier alpha value is 1.11. The summed E-state index contributed by atoms with van der Waals surface area (Å²) in [6.45, 7) is 5.17. The second-order valence-electron chi connectivity index (χ2n) is 5.51. The van der Waals surface area contributed by atoms with Crippen molar-refractivity contribution in [1.29, 1.82) is 0 Å². The first-order valence-corrected chi connectivity index (χ1v) is 9.99. The molecule has 0 saturated heterocycles. The molecule has 0 fully saturated rings. The van der Waals surface area contributed by atoms with Crippen molar-refractivity contribution in [3.8, 4) is 0 Å². The van der Waals surface area contributed by atoms with Gasteiger partial charge in [-0.2, -0.15) is 0 Å². The summed E-state index contributed by atoms with van der Waals surface area (Å²) in [7, 11) is -1.73. The van der Waals surface area contributed by atoms with Gasteiger partial charge in [-0.3, -0.25) is 4.57 Å². The minimum absolute atomic E-state index is 0. The van der Waals surface area contributed by atoms with Gasteiger partial charge in [-0.25, -0.2) is 0 Å². The van der Waals surface area contributed by atoms with Gasteiger partial charge in [0.05, 0.1) is 6.61 Å². The number of hydrogen-bond donors (Lipinski definition) is 0. The monoisotopic (exact) mass is 500 g/mol. The van der Waals surface area contributed by atoms with Crippen LogP contribution in [-0.4, -0.2) is 40.1 Å². The van der Waals surface area contributed by atoms with Gasteiger partial charge in [-0.1, -0.05) is 78.1 Å². The van der Waals surface area contributed by atoms with Crippen molar-refractivity contribution in [3.63, 3.8) is 0 Å². The van der Waals surface area contributed by atoms with Crippen LogP contribution in [0.1, 0.15) is 90.9 Å². The van der Waals surface area contributed by atoms with E-state index in [2.05, 4.69) is 13.8 Å². The van der Waals surface area contributed by atoms with Gasteiger partial charge in [0, 0.05) is 6.16 Å². The molecule has 0 aliphatic carbocycles. The van der Waals surface area contributed by atoms with E-state index in [1.165, 1.54) is 64.2 Å². The van der Waals surface area contributed by atoms with E-state index in [4.69, 9.17) is 4.52 Å². The Balaban J connectivity index is 0. The summed E-state index contributed by atoms with van der Waals surface area (Å²) in [5.74, 6) is 0. The zero-order chi connectivity index (χ0) is 14.2. The van der Waals surface area contributed by atoms with Crippen molar-refractivity contribution >= 4 is 35.3 Å². The van der Waals surface area contributed by atoms with Crippen LogP contribution in [-0.2, 0) is 9.09 Å². The quantitative estimate of drug-likeness (QED) is 0.174. The third-order valence-electron chi connectivity index (χ3n) is 3.50. The molecule has 0 aromatic carbocycles. The molecule has 1 atom stereocenters. The van der Waals surface area contributed by atoms with Crippen LogP contribution in [0.3, 0.4) is 0 Å². The Bertz CT molecular complexity index is 201. The molecule has 0 saturated carbocycles. The van der Waals surface area contributed by atoms with E-state index in [1.807, 2.05) is 0 Å². The van der Waals surface area contributed by atoms with Crippen molar-refractivity contribution in [1.82, 2.24) is 0 Å². The molecule has 0 aliphatic heterocycles. The Morgan fingerprint density at radius 1 is 0.700 bits per heavy atom. The molecular weight excluding hydrogens is 462 g/mol. The zero-order valence-electron chi connectivity index (χ0n) is 13.9. The van der Waals surface area contributed by atoms with Crippen LogP contribution < -0.4 is 0 Å². The fourth-order valence-electron chi connectivity index (χ4n) is 2.19. The molecule has 0 heterocycles. The Morgan fingerprint density at radius 2 is 1.15 bits per heavy atom. The van der Waals surface area contributed by atoms with Crippen molar-refractivity contribution < 1.29 is 9.09 Å². The van der Waals surface area contributed by atoms with Gasteiger partial charge in [0.2, 0.25) is 0 Å². The van der Waals surface area contributed by atoms with Crippen molar-refractivity contribution in [2.45, 2.75) is 90.9 Å². The number of hydrogen-bond acceptors (Lipinski definition) is 2. The molecule has 0 amide bonds. The minimum atomic E-state index is -1.73. The first kappa shape index (κ1) is 23.4. The van der Waals surface area contributed by atoms with E-state index < -0.39 is 8.03 Å². The average molecular weight is 500 g/mol. The van der Waals surface area contributed by atoms with Crippen LogP contribution >= 0.6 is 8.03 Å². The van der Waals surface area contributed by atoms with Crippen molar-refractivity contribution in [3.05, 3.63) is 0 Å². The molecule has 0 bridgehead atoms. The van der Waals surface area contributed by atoms with Gasteiger partial charge in [0.25, 0.3) is 0 Å². The van der Waals surface area contributed by atoms with Crippen molar-refractivity contribution in [2.24, 2.45) is 0 Å². The van der Waals surface area contributed by atoms with E-state index in [9.17, 15) is 4.57 Å². The maximum atomic E-state index is 11.6. The van der Waals surface area contributed by atoms with Crippen LogP contribution in [0.4, 0.5) is 0 Å². The van der Waals surface area contributed by atoms with Gasteiger partial charge < -0.3 is 4.52 Å². The normalized spacial score (nSPS) is 12.1. The summed E-state index contributed by atoms with van der Waals surface area (Å²) in [5.41, 5.74) is 0. The molecule has 0 N–H and O–H groups in total. The van der Waals surface area contributed by atoms with Crippen LogP contribution in [0.2, 0.25) is 0 Å². The molecule has 2 radical (unpaired) electrons. The van der Waals surface area contributed by atoms with Gasteiger partial charge in [-0.15, -0.1) is 0 Å². The van der Waals surface area contributed by atoms with E-state index in [-0.39, 0.29) is 27.3 Å². The molecule has 20 heavy (non-hydrogen) atoms. The Labute approximate surface area is 147 Å². The molecule has 0 aromatic heterocycles. The SMILES string of the molecule is CCCCCCCCO[PH](=O)CCCCCCCC.[PbH2]. The molecule has 0 aliphatic rings. The fraction of sp³-hybridized carbons (Fsp3) is 1.00. The van der Waals surface area contributed by atoms with E-state index in [0.29, 0.717) is 6.61 Å². The van der Waals surface area contributed by atoms with Gasteiger partial charge in [-0.05, 0) is 12.8 Å². The molecule has 0 rings (SSSR count). The summed E-state index contributed by atoms with van der Waals surface area (Å²) >= 11 is 0. The van der Waals surface area contributed by atoms with Crippen LogP contribution in [0, 0.1) is 0 Å². The maximum absolute atomic E-state index is 11.6. The summed E-state index contributed by atoms with van der Waals surface area (Å²) in [4.78, 5) is 0. The van der Waals surface area contributed by atoms with Crippen LogP contribution in [0.15, 0.2) is 0 Å². The molecule has 1 unspecified atom stereocenters. The summed E-state index contributed by atoms with van der Waals surface area (Å²) in [6, 6.07) is 0. The van der Waals surface area contributed by atoms with Gasteiger partial charge in [0.1, 0.15) is 0 Å². The van der Waals surface area contributed by atoms with Gasteiger partial charge in [0.15, 0.2) is 8.03 Å². The predicted octanol–water partition coefficient (Wildman–Crippen LogP) is 5.28. The first-order chi connectivity index (χ1) is 9.31. The Kier molecular flexibility index (Phi) is 23.5. The topological polar surface area (TPSA) is 26.3 Å². The molecular formula is C16H37O2PPb. The summed E-state index contributed by atoms with van der Waals surface area (Å²) in [6.07, 6.45) is 15.9. The summed E-state index contributed by atoms with van der Waals surface area (Å²) < 4.78 is 17.1. The molecule has 0 aromatic rings. The second-order valence-corrected chi connectivity index (χ2v) is 7.04. The van der Waals surface area contributed by atoms with Crippen LogP contribution in [0.25, 0.3) is 0 Å². The third kappa shape index (κ3) is 19.1. The summed E-state index contributed by atoms with van der Waals surface area (Å²) in [5, 5.41) is 0. The van der Waals surface area contributed by atoms with Crippen LogP contribution in [0.5, 0.6) is 0 Å². The van der Waals surface area contributed by atoms with Gasteiger partial charge >= 0.3 is 27.3 Å². The number of rotatable bonds is 15. The van der Waals surface area contributed by atoms with E-state index in [0.717, 1.165) is 19.0 Å². The molecule has 122 valence electrons. The first-order valence-electron chi connectivity index (χ1n) is 8.46.